The number of ether oxygens (including phenoxy) is 1. The molecule has 3 rings (SSSR count). The van der Waals surface area contributed by atoms with Crippen LogP contribution in [0.25, 0.3) is 0 Å². The zero-order valence-corrected chi connectivity index (χ0v) is 14.2. The summed E-state index contributed by atoms with van der Waals surface area (Å²) in [6.45, 7) is 9.04. The molecular formula is C20H24O3. The van der Waals surface area contributed by atoms with Gasteiger partial charge in [0.1, 0.15) is 5.75 Å². The molecule has 0 radical (unpaired) electrons. The van der Waals surface area contributed by atoms with Gasteiger partial charge in [0, 0.05) is 5.41 Å². The molecular weight excluding hydrogens is 288 g/mol. The summed E-state index contributed by atoms with van der Waals surface area (Å²) in [5.41, 5.74) is 3.08. The van der Waals surface area contributed by atoms with Crippen LogP contribution in [0.3, 0.4) is 0 Å². The van der Waals surface area contributed by atoms with E-state index < -0.39 is 0 Å². The van der Waals surface area contributed by atoms with Crippen molar-refractivity contribution in [2.24, 2.45) is 0 Å². The van der Waals surface area contributed by atoms with Gasteiger partial charge in [0.05, 0.1) is 6.61 Å². The first-order valence-electron chi connectivity index (χ1n) is 8.08. The Kier molecular flexibility index (Phi) is 3.55. The fourth-order valence-corrected chi connectivity index (χ4v) is 4.04. The maximum Gasteiger partial charge on any atom is 0.161 e. The summed E-state index contributed by atoms with van der Waals surface area (Å²) >= 11 is 0. The van der Waals surface area contributed by atoms with Gasteiger partial charge in [-0.05, 0) is 59.7 Å². The average Bonchev–Trinajstić information content (AvgIpc) is 2.67. The Labute approximate surface area is 137 Å². The molecule has 0 spiro atoms. The predicted molar refractivity (Wildman–Crippen MR) is 91.5 cm³/mol. The first-order valence-corrected chi connectivity index (χ1v) is 8.08. The molecule has 0 heterocycles. The SMILES string of the molecule is CCOc1cc2c(cc1O)C(C)(c1cccc(O)c1)CC2(C)C. The third-order valence-electron chi connectivity index (χ3n) is 5.00. The first-order chi connectivity index (χ1) is 10.8. The average molecular weight is 312 g/mol. The van der Waals surface area contributed by atoms with E-state index in [4.69, 9.17) is 4.74 Å². The summed E-state index contributed by atoms with van der Waals surface area (Å²) < 4.78 is 5.56. The second kappa shape index (κ2) is 5.19. The molecule has 23 heavy (non-hydrogen) atoms. The van der Waals surface area contributed by atoms with Crippen molar-refractivity contribution in [1.29, 1.82) is 0 Å². The topological polar surface area (TPSA) is 49.7 Å². The van der Waals surface area contributed by atoms with Crippen LogP contribution in [-0.2, 0) is 10.8 Å². The van der Waals surface area contributed by atoms with Gasteiger partial charge in [0.15, 0.2) is 11.5 Å². The molecule has 1 aliphatic carbocycles. The number of fused-ring (bicyclic) bond motifs is 1. The molecule has 1 unspecified atom stereocenters. The van der Waals surface area contributed by atoms with Crippen molar-refractivity contribution in [3.8, 4) is 17.2 Å². The zero-order valence-electron chi connectivity index (χ0n) is 14.2. The Morgan fingerprint density at radius 1 is 1.04 bits per heavy atom. The summed E-state index contributed by atoms with van der Waals surface area (Å²) in [4.78, 5) is 0. The van der Waals surface area contributed by atoms with E-state index in [-0.39, 0.29) is 22.3 Å². The van der Waals surface area contributed by atoms with E-state index in [1.165, 1.54) is 5.56 Å². The molecule has 2 aromatic carbocycles. The lowest BCUT2D eigenvalue weighted by atomic mass is 9.75. The maximum atomic E-state index is 10.3. The molecule has 1 atom stereocenters. The van der Waals surface area contributed by atoms with E-state index in [2.05, 4.69) is 20.8 Å². The van der Waals surface area contributed by atoms with Gasteiger partial charge in [0.25, 0.3) is 0 Å². The second-order valence-electron chi connectivity index (χ2n) is 7.24. The van der Waals surface area contributed by atoms with Gasteiger partial charge in [0.2, 0.25) is 0 Å². The highest BCUT2D eigenvalue weighted by Gasteiger charge is 2.46. The standard InChI is InChI=1S/C20H24O3/c1-5-23-18-11-15-16(10-17(18)22)20(4,12-19(15,2)3)13-7-6-8-14(21)9-13/h6-11,21-22H,5,12H2,1-4H3. The van der Waals surface area contributed by atoms with Crippen molar-refractivity contribution in [3.63, 3.8) is 0 Å². The van der Waals surface area contributed by atoms with E-state index in [0.717, 1.165) is 17.5 Å². The highest BCUT2D eigenvalue weighted by atomic mass is 16.5. The predicted octanol–water partition coefficient (Wildman–Crippen LogP) is 4.48. The van der Waals surface area contributed by atoms with Crippen LogP contribution < -0.4 is 4.74 Å². The van der Waals surface area contributed by atoms with Crippen molar-refractivity contribution < 1.29 is 14.9 Å². The van der Waals surface area contributed by atoms with Crippen molar-refractivity contribution in [2.45, 2.75) is 44.9 Å². The lowest BCUT2D eigenvalue weighted by Gasteiger charge is -2.28. The molecule has 0 fully saturated rings. The Hall–Kier alpha value is -2.16. The summed E-state index contributed by atoms with van der Waals surface area (Å²) in [7, 11) is 0. The Morgan fingerprint density at radius 3 is 2.43 bits per heavy atom. The summed E-state index contributed by atoms with van der Waals surface area (Å²) in [6.07, 6.45) is 0.911. The molecule has 0 amide bonds. The highest BCUT2D eigenvalue weighted by Crippen LogP contribution is 2.55. The summed E-state index contributed by atoms with van der Waals surface area (Å²) in [6, 6.07) is 11.2. The Balaban J connectivity index is 2.21. The van der Waals surface area contributed by atoms with Crippen LogP contribution in [-0.4, -0.2) is 16.8 Å². The number of phenolic OH excluding ortho intramolecular Hbond substituents is 2. The van der Waals surface area contributed by atoms with Gasteiger partial charge in [-0.2, -0.15) is 0 Å². The second-order valence-corrected chi connectivity index (χ2v) is 7.24. The van der Waals surface area contributed by atoms with Gasteiger partial charge in [-0.15, -0.1) is 0 Å². The van der Waals surface area contributed by atoms with Crippen molar-refractivity contribution >= 4 is 0 Å². The number of aromatic hydroxyl groups is 2. The quantitative estimate of drug-likeness (QED) is 0.878. The largest absolute Gasteiger partial charge is 0.508 e. The monoisotopic (exact) mass is 312 g/mol. The molecule has 0 aliphatic heterocycles. The molecule has 0 saturated carbocycles. The molecule has 0 bridgehead atoms. The lowest BCUT2D eigenvalue weighted by molar-refractivity contribution is 0.317. The fourth-order valence-electron chi connectivity index (χ4n) is 4.04. The van der Waals surface area contributed by atoms with Gasteiger partial charge in [-0.1, -0.05) is 32.9 Å². The van der Waals surface area contributed by atoms with Crippen molar-refractivity contribution in [2.75, 3.05) is 6.61 Å². The van der Waals surface area contributed by atoms with Crippen molar-refractivity contribution in [1.82, 2.24) is 0 Å². The minimum Gasteiger partial charge on any atom is -0.508 e. The minimum atomic E-state index is -0.250. The summed E-state index contributed by atoms with van der Waals surface area (Å²) in [5, 5.41) is 20.2. The number of hydrogen-bond donors (Lipinski definition) is 2. The van der Waals surface area contributed by atoms with E-state index >= 15 is 0 Å². The number of hydrogen-bond acceptors (Lipinski definition) is 3. The normalized spacial score (nSPS) is 21.9. The van der Waals surface area contributed by atoms with Crippen LogP contribution in [0.2, 0.25) is 0 Å². The van der Waals surface area contributed by atoms with E-state index in [0.29, 0.717) is 12.4 Å². The summed E-state index contributed by atoms with van der Waals surface area (Å²) in [5.74, 6) is 0.985. The molecule has 1 aliphatic rings. The van der Waals surface area contributed by atoms with Crippen LogP contribution in [0.4, 0.5) is 0 Å². The Morgan fingerprint density at radius 2 is 1.78 bits per heavy atom. The van der Waals surface area contributed by atoms with E-state index in [1.54, 1.807) is 6.07 Å². The third kappa shape index (κ3) is 2.44. The highest BCUT2D eigenvalue weighted by molar-refractivity contribution is 5.58. The molecule has 3 nitrogen and oxygen atoms in total. The Bertz CT molecular complexity index is 749. The number of benzene rings is 2. The van der Waals surface area contributed by atoms with Gasteiger partial charge < -0.3 is 14.9 Å². The smallest absolute Gasteiger partial charge is 0.161 e. The third-order valence-corrected chi connectivity index (χ3v) is 5.00. The molecule has 3 heteroatoms. The van der Waals surface area contributed by atoms with E-state index in [1.807, 2.05) is 37.3 Å². The molecule has 122 valence electrons. The minimum absolute atomic E-state index is 0.0326. The van der Waals surface area contributed by atoms with Crippen LogP contribution in [0, 0.1) is 0 Å². The molecule has 2 aromatic rings. The van der Waals surface area contributed by atoms with Gasteiger partial charge in [-0.3, -0.25) is 0 Å². The molecule has 2 N–H and O–H groups in total. The zero-order chi connectivity index (χ0) is 16.8. The van der Waals surface area contributed by atoms with E-state index in [9.17, 15) is 10.2 Å². The van der Waals surface area contributed by atoms with Crippen LogP contribution in [0.1, 0.15) is 50.8 Å². The van der Waals surface area contributed by atoms with Crippen LogP contribution in [0.5, 0.6) is 17.2 Å². The number of phenols is 2. The van der Waals surface area contributed by atoms with Crippen molar-refractivity contribution in [3.05, 3.63) is 53.1 Å². The van der Waals surface area contributed by atoms with Gasteiger partial charge >= 0.3 is 0 Å². The lowest BCUT2D eigenvalue weighted by Crippen LogP contribution is -2.23. The molecule has 0 aromatic heterocycles. The maximum absolute atomic E-state index is 10.3. The van der Waals surface area contributed by atoms with Gasteiger partial charge in [-0.25, -0.2) is 0 Å². The number of rotatable bonds is 3. The van der Waals surface area contributed by atoms with Crippen LogP contribution >= 0.6 is 0 Å². The fraction of sp³-hybridized carbons (Fsp3) is 0.400. The molecule has 0 saturated heterocycles. The first kappa shape index (κ1) is 15.7. The van der Waals surface area contributed by atoms with Crippen LogP contribution in [0.15, 0.2) is 36.4 Å².